The van der Waals surface area contributed by atoms with E-state index in [-0.39, 0.29) is 17.2 Å². The van der Waals surface area contributed by atoms with Crippen molar-refractivity contribution in [2.45, 2.75) is 20.8 Å². The van der Waals surface area contributed by atoms with Crippen LogP contribution in [0.2, 0.25) is 0 Å². The number of anilines is 1. The highest BCUT2D eigenvalue weighted by molar-refractivity contribution is 5.86. The Morgan fingerprint density at radius 2 is 2.00 bits per heavy atom. The molecule has 0 saturated heterocycles. The first-order chi connectivity index (χ1) is 13.8. The van der Waals surface area contributed by atoms with Crippen molar-refractivity contribution in [1.82, 2.24) is 5.43 Å². The van der Waals surface area contributed by atoms with E-state index in [0.717, 1.165) is 18.8 Å². The lowest BCUT2D eigenvalue weighted by Crippen LogP contribution is -2.24. The first-order valence-corrected chi connectivity index (χ1v) is 9.13. The van der Waals surface area contributed by atoms with Gasteiger partial charge in [-0.15, -0.1) is 0 Å². The zero-order valence-electron chi connectivity index (χ0n) is 16.6. The second-order valence-corrected chi connectivity index (χ2v) is 6.23. The lowest BCUT2D eigenvalue weighted by molar-refractivity contribution is -0.385. The summed E-state index contributed by atoms with van der Waals surface area (Å²) in [5.74, 6) is -0.543. The number of ether oxygens (including phenoxy) is 1. The summed E-state index contributed by atoms with van der Waals surface area (Å²) in [6.45, 7) is 6.98. The minimum Gasteiger partial charge on any atom is -0.507 e. The number of nitrogens with one attached hydrogen (secondary N) is 1. The van der Waals surface area contributed by atoms with Crippen LogP contribution in [-0.4, -0.2) is 41.8 Å². The smallest absolute Gasteiger partial charge is 0.311 e. The number of nitrogens with zero attached hydrogens (tertiary/aromatic N) is 3. The van der Waals surface area contributed by atoms with Gasteiger partial charge in [0.25, 0.3) is 5.91 Å². The molecular weight excluding hydrogens is 376 g/mol. The zero-order chi connectivity index (χ0) is 21.4. The summed E-state index contributed by atoms with van der Waals surface area (Å²) in [5.41, 5.74) is 4.10. The third-order valence-electron chi connectivity index (χ3n) is 4.21. The molecule has 0 atom stereocenters. The van der Waals surface area contributed by atoms with Gasteiger partial charge in [0.15, 0.2) is 12.4 Å². The molecule has 2 rings (SSSR count). The summed E-state index contributed by atoms with van der Waals surface area (Å²) in [4.78, 5) is 24.5. The van der Waals surface area contributed by atoms with Crippen molar-refractivity contribution in [3.63, 3.8) is 0 Å². The average molecular weight is 400 g/mol. The van der Waals surface area contributed by atoms with E-state index >= 15 is 0 Å². The van der Waals surface area contributed by atoms with Gasteiger partial charge in [0.2, 0.25) is 0 Å². The third-order valence-corrected chi connectivity index (χ3v) is 4.21. The van der Waals surface area contributed by atoms with Crippen molar-refractivity contribution >= 4 is 23.5 Å². The van der Waals surface area contributed by atoms with Crippen LogP contribution in [0.25, 0.3) is 0 Å². The van der Waals surface area contributed by atoms with Crippen molar-refractivity contribution in [3.8, 4) is 11.5 Å². The van der Waals surface area contributed by atoms with Crippen LogP contribution in [0.5, 0.6) is 11.5 Å². The molecule has 0 aliphatic heterocycles. The predicted molar refractivity (Wildman–Crippen MR) is 111 cm³/mol. The van der Waals surface area contributed by atoms with Crippen molar-refractivity contribution in [2.75, 3.05) is 24.6 Å². The molecule has 154 valence electrons. The van der Waals surface area contributed by atoms with Gasteiger partial charge in [-0.1, -0.05) is 6.07 Å². The molecule has 1 amide bonds. The number of hydrazone groups is 1. The standard InChI is InChI=1S/C20H24N4O5/c1-4-23(5-2)16-8-7-15(18(25)11-16)12-21-22-20(26)13-29-19-9-6-14(3)10-17(19)24(27)28/h6-12,25H,4-5,13H2,1-3H3,(H,22,26). The van der Waals surface area contributed by atoms with Crippen LogP contribution < -0.4 is 15.1 Å². The van der Waals surface area contributed by atoms with Crippen LogP contribution >= 0.6 is 0 Å². The normalized spacial score (nSPS) is 10.7. The van der Waals surface area contributed by atoms with Crippen LogP contribution in [0.4, 0.5) is 11.4 Å². The van der Waals surface area contributed by atoms with E-state index in [1.807, 2.05) is 19.9 Å². The number of carbonyl (C=O) groups excluding carboxylic acids is 1. The molecule has 0 heterocycles. The maximum atomic E-state index is 11.9. The topological polar surface area (TPSA) is 117 Å². The third kappa shape index (κ3) is 5.93. The number of rotatable bonds is 9. The minimum absolute atomic E-state index is 0.00404. The van der Waals surface area contributed by atoms with Crippen molar-refractivity contribution < 1.29 is 19.6 Å². The average Bonchev–Trinajstić information content (AvgIpc) is 2.69. The molecule has 0 fully saturated rings. The molecule has 2 aromatic rings. The van der Waals surface area contributed by atoms with E-state index in [9.17, 15) is 20.0 Å². The highest BCUT2D eigenvalue weighted by atomic mass is 16.6. The summed E-state index contributed by atoms with van der Waals surface area (Å²) in [5, 5.41) is 25.0. The Labute approximate surface area is 168 Å². The maximum absolute atomic E-state index is 11.9. The molecule has 9 heteroatoms. The SMILES string of the molecule is CCN(CC)c1ccc(C=NNC(=O)COc2ccc(C)cc2[N+](=O)[O-])c(O)c1. The predicted octanol–water partition coefficient (Wildman–Crippen LogP) is 2.98. The highest BCUT2D eigenvalue weighted by Crippen LogP contribution is 2.27. The number of nitro benzene ring substituents is 1. The molecule has 0 aromatic heterocycles. The van der Waals surface area contributed by atoms with E-state index in [2.05, 4.69) is 15.4 Å². The van der Waals surface area contributed by atoms with Gasteiger partial charge in [0, 0.05) is 36.5 Å². The number of hydrogen-bond donors (Lipinski definition) is 2. The molecule has 29 heavy (non-hydrogen) atoms. The first-order valence-electron chi connectivity index (χ1n) is 9.13. The van der Waals surface area contributed by atoms with Gasteiger partial charge in [-0.05, 0) is 44.5 Å². The second-order valence-electron chi connectivity index (χ2n) is 6.23. The Morgan fingerprint density at radius 1 is 1.28 bits per heavy atom. The van der Waals surface area contributed by atoms with Crippen LogP contribution in [0, 0.1) is 17.0 Å². The van der Waals surface area contributed by atoms with Crippen LogP contribution in [-0.2, 0) is 4.79 Å². The largest absolute Gasteiger partial charge is 0.507 e. The number of aromatic hydroxyl groups is 1. The van der Waals surface area contributed by atoms with Gasteiger partial charge in [-0.3, -0.25) is 14.9 Å². The lowest BCUT2D eigenvalue weighted by Gasteiger charge is -2.21. The number of nitro groups is 1. The van der Waals surface area contributed by atoms with Crippen LogP contribution in [0.1, 0.15) is 25.0 Å². The summed E-state index contributed by atoms with van der Waals surface area (Å²) in [6.07, 6.45) is 1.31. The molecular formula is C20H24N4O5. The number of phenolic OH excluding ortho intramolecular Hbond substituents is 1. The van der Waals surface area contributed by atoms with Gasteiger partial charge in [0.1, 0.15) is 5.75 Å². The number of carbonyl (C=O) groups is 1. The van der Waals surface area contributed by atoms with E-state index in [1.54, 1.807) is 25.1 Å². The molecule has 0 aliphatic carbocycles. The fourth-order valence-corrected chi connectivity index (χ4v) is 2.67. The molecule has 0 radical (unpaired) electrons. The summed E-state index contributed by atoms with van der Waals surface area (Å²) < 4.78 is 5.23. The van der Waals surface area contributed by atoms with Gasteiger partial charge < -0.3 is 14.7 Å². The quantitative estimate of drug-likeness (QED) is 0.380. The molecule has 9 nitrogen and oxygen atoms in total. The van der Waals surface area contributed by atoms with Gasteiger partial charge >= 0.3 is 5.69 Å². The molecule has 0 saturated carbocycles. The molecule has 0 aliphatic rings. The second kappa shape index (κ2) is 10.1. The number of amides is 1. The zero-order valence-corrected chi connectivity index (χ0v) is 16.6. The van der Waals surface area contributed by atoms with Gasteiger partial charge in [-0.2, -0.15) is 5.10 Å². The number of aryl methyl sites for hydroxylation is 1. The van der Waals surface area contributed by atoms with Crippen molar-refractivity contribution in [3.05, 3.63) is 57.6 Å². The van der Waals surface area contributed by atoms with Crippen molar-refractivity contribution in [2.24, 2.45) is 5.10 Å². The Morgan fingerprint density at radius 3 is 2.62 bits per heavy atom. The fourth-order valence-electron chi connectivity index (χ4n) is 2.67. The van der Waals surface area contributed by atoms with Gasteiger partial charge in [-0.25, -0.2) is 5.43 Å². The summed E-state index contributed by atoms with van der Waals surface area (Å²) in [6, 6.07) is 9.66. The van der Waals surface area contributed by atoms with E-state index < -0.39 is 17.4 Å². The van der Waals surface area contributed by atoms with E-state index in [1.165, 1.54) is 18.3 Å². The fraction of sp³-hybridized carbons (Fsp3) is 0.300. The first kappa shape index (κ1) is 21.7. The number of phenols is 1. The molecule has 0 unspecified atom stereocenters. The monoisotopic (exact) mass is 400 g/mol. The number of benzene rings is 2. The summed E-state index contributed by atoms with van der Waals surface area (Å²) in [7, 11) is 0. The highest BCUT2D eigenvalue weighted by Gasteiger charge is 2.16. The van der Waals surface area contributed by atoms with Gasteiger partial charge in [0.05, 0.1) is 11.1 Å². The van der Waals surface area contributed by atoms with Crippen LogP contribution in [0.3, 0.4) is 0 Å². The Bertz CT molecular complexity index is 910. The maximum Gasteiger partial charge on any atom is 0.311 e. The Hall–Kier alpha value is -3.62. The molecule has 2 aromatic carbocycles. The number of hydrogen-bond acceptors (Lipinski definition) is 7. The molecule has 0 bridgehead atoms. The lowest BCUT2D eigenvalue weighted by atomic mass is 10.2. The van der Waals surface area contributed by atoms with Crippen molar-refractivity contribution in [1.29, 1.82) is 0 Å². The van der Waals surface area contributed by atoms with Crippen LogP contribution in [0.15, 0.2) is 41.5 Å². The van der Waals surface area contributed by atoms with E-state index in [4.69, 9.17) is 4.74 Å². The molecule has 2 N–H and O–H groups in total. The Balaban J connectivity index is 1.94. The minimum atomic E-state index is -0.588. The van der Waals surface area contributed by atoms with E-state index in [0.29, 0.717) is 11.1 Å². The molecule has 0 spiro atoms. The summed E-state index contributed by atoms with van der Waals surface area (Å²) >= 11 is 0. The Kier molecular flexibility index (Phi) is 7.53.